The van der Waals surface area contributed by atoms with Crippen LogP contribution in [0, 0.1) is 11.3 Å². The van der Waals surface area contributed by atoms with E-state index in [0.717, 1.165) is 6.42 Å². The fraction of sp³-hybridized carbons (Fsp3) is 0.800. The van der Waals surface area contributed by atoms with Gasteiger partial charge in [0, 0.05) is 12.5 Å². The van der Waals surface area contributed by atoms with Crippen LogP contribution >= 0.6 is 0 Å². The summed E-state index contributed by atoms with van der Waals surface area (Å²) in [4.78, 5) is 35.4. The number of nitrogens with two attached hydrogens (primary N) is 2. The predicted molar refractivity (Wildman–Crippen MR) is 83.5 cm³/mol. The van der Waals surface area contributed by atoms with E-state index in [2.05, 4.69) is 10.6 Å². The van der Waals surface area contributed by atoms with Crippen LogP contribution in [0.15, 0.2) is 0 Å². The monoisotopic (exact) mass is 312 g/mol. The number of rotatable bonds is 6. The Bertz CT molecular complexity index is 431. The van der Waals surface area contributed by atoms with Gasteiger partial charge in [0.2, 0.25) is 17.7 Å². The summed E-state index contributed by atoms with van der Waals surface area (Å²) >= 11 is 0. The van der Waals surface area contributed by atoms with Crippen LogP contribution in [0.2, 0.25) is 0 Å². The fourth-order valence-electron chi connectivity index (χ4n) is 2.62. The molecule has 0 bridgehead atoms. The zero-order chi connectivity index (χ0) is 16.9. The van der Waals surface area contributed by atoms with Crippen LogP contribution in [0.25, 0.3) is 0 Å². The van der Waals surface area contributed by atoms with Crippen molar-refractivity contribution in [1.29, 1.82) is 0 Å². The predicted octanol–water partition coefficient (Wildman–Crippen LogP) is -0.364. The van der Waals surface area contributed by atoms with Crippen molar-refractivity contribution >= 4 is 17.7 Å². The molecule has 0 aromatic heterocycles. The first-order valence-electron chi connectivity index (χ1n) is 7.73. The van der Waals surface area contributed by atoms with E-state index < -0.39 is 23.9 Å². The quantitative estimate of drug-likeness (QED) is 0.534. The first-order chi connectivity index (χ1) is 10.1. The van der Waals surface area contributed by atoms with Gasteiger partial charge in [-0.05, 0) is 31.1 Å². The number of hydrogen-bond donors (Lipinski definition) is 4. The van der Waals surface area contributed by atoms with E-state index in [1.165, 1.54) is 0 Å². The highest BCUT2D eigenvalue weighted by Crippen LogP contribution is 2.21. The molecule has 1 rings (SSSR count). The minimum absolute atomic E-state index is 0.0919. The Labute approximate surface area is 131 Å². The van der Waals surface area contributed by atoms with Gasteiger partial charge in [-0.25, -0.2) is 0 Å². The summed E-state index contributed by atoms with van der Waals surface area (Å²) in [5.74, 6) is -1.44. The lowest BCUT2D eigenvalue weighted by atomic mass is 9.87. The third-order valence-corrected chi connectivity index (χ3v) is 3.75. The summed E-state index contributed by atoms with van der Waals surface area (Å²) in [6.07, 6.45) is 2.27. The number of carbonyl (C=O) groups is 3. The van der Waals surface area contributed by atoms with Gasteiger partial charge in [0.1, 0.15) is 6.04 Å². The van der Waals surface area contributed by atoms with Crippen molar-refractivity contribution in [2.75, 3.05) is 6.54 Å². The molecule has 0 aliphatic carbocycles. The van der Waals surface area contributed by atoms with E-state index in [1.54, 1.807) is 0 Å². The fourth-order valence-corrected chi connectivity index (χ4v) is 2.62. The molecule has 0 aromatic carbocycles. The largest absolute Gasteiger partial charge is 0.368 e. The van der Waals surface area contributed by atoms with Crippen molar-refractivity contribution in [2.45, 2.75) is 58.5 Å². The van der Waals surface area contributed by atoms with E-state index in [0.29, 0.717) is 19.4 Å². The second-order valence-electron chi connectivity index (χ2n) is 7.20. The molecule has 1 fully saturated rings. The van der Waals surface area contributed by atoms with Crippen molar-refractivity contribution in [2.24, 2.45) is 22.8 Å². The maximum atomic E-state index is 12.1. The van der Waals surface area contributed by atoms with Crippen LogP contribution in [-0.2, 0) is 14.4 Å². The lowest BCUT2D eigenvalue weighted by molar-refractivity contribution is -0.131. The number of primary amides is 1. The summed E-state index contributed by atoms with van der Waals surface area (Å²) in [5.41, 5.74) is 11.1. The second kappa shape index (κ2) is 7.58. The molecule has 3 atom stereocenters. The van der Waals surface area contributed by atoms with Gasteiger partial charge >= 0.3 is 0 Å². The first-order valence-corrected chi connectivity index (χ1v) is 7.73. The molecule has 0 radical (unpaired) electrons. The van der Waals surface area contributed by atoms with E-state index in [4.69, 9.17) is 11.5 Å². The lowest BCUT2D eigenvalue weighted by Gasteiger charge is -2.27. The number of nitrogens with one attached hydrogen (secondary N) is 2. The Balaban J connectivity index is 2.62. The van der Waals surface area contributed by atoms with Crippen LogP contribution in [0.4, 0.5) is 0 Å². The van der Waals surface area contributed by atoms with Gasteiger partial charge in [-0.2, -0.15) is 0 Å². The smallest absolute Gasteiger partial charge is 0.240 e. The molecule has 7 heteroatoms. The van der Waals surface area contributed by atoms with Crippen molar-refractivity contribution in [3.05, 3.63) is 0 Å². The molecule has 1 saturated heterocycles. The van der Waals surface area contributed by atoms with E-state index >= 15 is 0 Å². The van der Waals surface area contributed by atoms with E-state index in [1.807, 2.05) is 20.8 Å². The minimum atomic E-state index is -0.868. The minimum Gasteiger partial charge on any atom is -0.368 e. The van der Waals surface area contributed by atoms with Gasteiger partial charge in [-0.3, -0.25) is 14.4 Å². The van der Waals surface area contributed by atoms with Crippen LogP contribution in [0.3, 0.4) is 0 Å². The molecule has 22 heavy (non-hydrogen) atoms. The van der Waals surface area contributed by atoms with Gasteiger partial charge in [0.15, 0.2) is 0 Å². The molecule has 1 aliphatic heterocycles. The van der Waals surface area contributed by atoms with Crippen LogP contribution in [0.5, 0.6) is 0 Å². The van der Waals surface area contributed by atoms with Crippen LogP contribution < -0.4 is 22.1 Å². The maximum absolute atomic E-state index is 12.1. The third-order valence-electron chi connectivity index (χ3n) is 3.75. The molecular formula is C15H28N4O3. The topological polar surface area (TPSA) is 127 Å². The number of carbonyl (C=O) groups excluding carboxylic acids is 3. The van der Waals surface area contributed by atoms with Gasteiger partial charge in [-0.1, -0.05) is 20.8 Å². The van der Waals surface area contributed by atoms with E-state index in [9.17, 15) is 14.4 Å². The van der Waals surface area contributed by atoms with Gasteiger partial charge in [0.05, 0.1) is 6.04 Å². The van der Waals surface area contributed by atoms with Crippen molar-refractivity contribution in [3.8, 4) is 0 Å². The zero-order valence-electron chi connectivity index (χ0n) is 13.6. The molecule has 0 spiro atoms. The average Bonchev–Trinajstić information content (AvgIpc) is 2.38. The molecule has 7 nitrogen and oxygen atoms in total. The SMILES string of the molecule is CC(C)(C)C[C@H](N)C(=O)N[C@@H](C[C@@H]1CCCNC1=O)C(N)=O. The number of piperidine rings is 1. The Morgan fingerprint density at radius 3 is 2.55 bits per heavy atom. The standard InChI is InChI=1S/C15H28N4O3/c1-15(2,3)8-10(16)14(22)19-11(12(17)20)7-9-5-4-6-18-13(9)21/h9-11H,4-8,16H2,1-3H3,(H2,17,20)(H,18,21)(H,19,22)/t9-,10-,11-/m0/s1. The Morgan fingerprint density at radius 1 is 1.41 bits per heavy atom. The van der Waals surface area contributed by atoms with Gasteiger partial charge in [0.25, 0.3) is 0 Å². The molecule has 1 aliphatic rings. The summed E-state index contributed by atoms with van der Waals surface area (Å²) < 4.78 is 0. The van der Waals surface area contributed by atoms with Crippen molar-refractivity contribution in [1.82, 2.24) is 10.6 Å². The highest BCUT2D eigenvalue weighted by Gasteiger charge is 2.30. The molecule has 0 saturated carbocycles. The number of amides is 3. The zero-order valence-corrected chi connectivity index (χ0v) is 13.6. The van der Waals surface area contributed by atoms with Gasteiger partial charge < -0.3 is 22.1 Å². The first kappa shape index (κ1) is 18.4. The Morgan fingerprint density at radius 2 is 2.05 bits per heavy atom. The highest BCUT2D eigenvalue weighted by atomic mass is 16.2. The molecule has 3 amide bonds. The summed E-state index contributed by atoms with van der Waals surface area (Å²) in [5, 5.41) is 5.34. The summed E-state index contributed by atoms with van der Waals surface area (Å²) in [7, 11) is 0. The maximum Gasteiger partial charge on any atom is 0.240 e. The van der Waals surface area contributed by atoms with Crippen LogP contribution in [-0.4, -0.2) is 36.3 Å². The second-order valence-corrected chi connectivity index (χ2v) is 7.20. The summed E-state index contributed by atoms with van der Waals surface area (Å²) in [6, 6.07) is -1.57. The number of hydrogen-bond acceptors (Lipinski definition) is 4. The molecule has 0 unspecified atom stereocenters. The Hall–Kier alpha value is -1.63. The molecule has 6 N–H and O–H groups in total. The molecular weight excluding hydrogens is 284 g/mol. The lowest BCUT2D eigenvalue weighted by Crippen LogP contribution is -2.53. The summed E-state index contributed by atoms with van der Waals surface area (Å²) in [6.45, 7) is 6.60. The molecule has 0 aromatic rings. The normalized spacial score (nSPS) is 21.6. The van der Waals surface area contributed by atoms with Crippen LogP contribution in [0.1, 0.15) is 46.5 Å². The highest BCUT2D eigenvalue weighted by molar-refractivity contribution is 5.89. The van der Waals surface area contributed by atoms with Crippen molar-refractivity contribution in [3.63, 3.8) is 0 Å². The third kappa shape index (κ3) is 6.01. The molecule has 1 heterocycles. The van der Waals surface area contributed by atoms with E-state index in [-0.39, 0.29) is 23.7 Å². The van der Waals surface area contributed by atoms with Gasteiger partial charge in [-0.15, -0.1) is 0 Å². The average molecular weight is 312 g/mol. The Kier molecular flexibility index (Phi) is 6.34. The van der Waals surface area contributed by atoms with Crippen molar-refractivity contribution < 1.29 is 14.4 Å². The molecule has 126 valence electrons.